The van der Waals surface area contributed by atoms with Crippen LogP contribution in [0.1, 0.15) is 11.1 Å². The molecule has 0 amide bonds. The zero-order valence-electron chi connectivity index (χ0n) is 10.7. The first-order chi connectivity index (χ1) is 8.92. The Labute approximate surface area is 112 Å². The molecule has 2 aromatic rings. The van der Waals surface area contributed by atoms with Crippen molar-refractivity contribution in [3.8, 4) is 0 Å². The molecule has 0 saturated heterocycles. The molecule has 19 heavy (non-hydrogen) atoms. The Bertz CT molecular complexity index is 691. The van der Waals surface area contributed by atoms with Crippen molar-refractivity contribution in [3.63, 3.8) is 0 Å². The Morgan fingerprint density at radius 3 is 2.37 bits per heavy atom. The van der Waals surface area contributed by atoms with E-state index in [4.69, 9.17) is 5.73 Å². The minimum absolute atomic E-state index is 0.0161. The number of hydrogen-bond donors (Lipinski definition) is 2. The number of nitrogens with zero attached hydrogens (tertiary/aromatic N) is 1. The molecular formula is C13H15N3O2S. The number of nitrogen functional groups attached to an aromatic ring is 1. The predicted molar refractivity (Wildman–Crippen MR) is 75.4 cm³/mol. The maximum absolute atomic E-state index is 12.3. The van der Waals surface area contributed by atoms with Gasteiger partial charge in [0.1, 0.15) is 4.90 Å². The highest BCUT2D eigenvalue weighted by Gasteiger charge is 2.19. The number of aromatic nitrogens is 1. The molecule has 0 saturated carbocycles. The quantitative estimate of drug-likeness (QED) is 0.899. The summed E-state index contributed by atoms with van der Waals surface area (Å²) in [5.41, 5.74) is 8.13. The Balaban J connectivity index is 2.46. The number of sulfonamides is 1. The maximum atomic E-state index is 12.3. The molecule has 0 aliphatic heterocycles. The van der Waals surface area contributed by atoms with Gasteiger partial charge in [0.05, 0.1) is 11.4 Å². The van der Waals surface area contributed by atoms with Crippen LogP contribution in [0.25, 0.3) is 0 Å². The van der Waals surface area contributed by atoms with Gasteiger partial charge in [-0.2, -0.15) is 0 Å². The van der Waals surface area contributed by atoms with Crippen LogP contribution < -0.4 is 10.5 Å². The SMILES string of the molecule is Cc1cccc(C)c1NS(=O)(=O)c1cnccc1N. The van der Waals surface area contributed by atoms with E-state index in [-0.39, 0.29) is 10.6 Å². The topological polar surface area (TPSA) is 85.1 Å². The van der Waals surface area contributed by atoms with Gasteiger partial charge in [-0.25, -0.2) is 8.42 Å². The van der Waals surface area contributed by atoms with Gasteiger partial charge in [-0.05, 0) is 31.0 Å². The summed E-state index contributed by atoms with van der Waals surface area (Å²) in [6.07, 6.45) is 2.69. The van der Waals surface area contributed by atoms with E-state index >= 15 is 0 Å². The molecule has 0 radical (unpaired) electrons. The summed E-state index contributed by atoms with van der Waals surface area (Å²) >= 11 is 0. The van der Waals surface area contributed by atoms with Crippen molar-refractivity contribution in [2.75, 3.05) is 10.5 Å². The van der Waals surface area contributed by atoms with E-state index in [1.54, 1.807) is 0 Å². The summed E-state index contributed by atoms with van der Waals surface area (Å²) in [5, 5.41) is 0. The van der Waals surface area contributed by atoms with Gasteiger partial charge >= 0.3 is 0 Å². The second kappa shape index (κ2) is 4.89. The fourth-order valence-electron chi connectivity index (χ4n) is 1.78. The van der Waals surface area contributed by atoms with Gasteiger partial charge in [-0.3, -0.25) is 9.71 Å². The first kappa shape index (κ1) is 13.4. The van der Waals surface area contributed by atoms with E-state index in [2.05, 4.69) is 9.71 Å². The van der Waals surface area contributed by atoms with E-state index < -0.39 is 10.0 Å². The average Bonchev–Trinajstić information content (AvgIpc) is 2.34. The number of nitrogens with two attached hydrogens (primary N) is 1. The van der Waals surface area contributed by atoms with E-state index in [1.807, 2.05) is 32.0 Å². The summed E-state index contributed by atoms with van der Waals surface area (Å²) in [4.78, 5) is 3.78. The summed E-state index contributed by atoms with van der Waals surface area (Å²) in [5.74, 6) is 0. The third-order valence-electron chi connectivity index (χ3n) is 2.82. The summed E-state index contributed by atoms with van der Waals surface area (Å²) in [6.45, 7) is 3.69. The molecule has 0 aliphatic carbocycles. The molecule has 0 unspecified atom stereocenters. The van der Waals surface area contributed by atoms with Crippen molar-refractivity contribution in [2.45, 2.75) is 18.7 Å². The third-order valence-corrected chi connectivity index (χ3v) is 4.22. The number of nitrogens with one attached hydrogen (secondary N) is 1. The molecule has 1 aromatic heterocycles. The molecular weight excluding hydrogens is 262 g/mol. The maximum Gasteiger partial charge on any atom is 0.265 e. The van der Waals surface area contributed by atoms with Crippen molar-refractivity contribution in [3.05, 3.63) is 47.8 Å². The molecule has 0 aliphatic rings. The first-order valence-electron chi connectivity index (χ1n) is 5.70. The number of hydrogen-bond acceptors (Lipinski definition) is 4. The van der Waals surface area contributed by atoms with Crippen LogP contribution in [0.15, 0.2) is 41.6 Å². The van der Waals surface area contributed by atoms with Crippen molar-refractivity contribution in [2.24, 2.45) is 0 Å². The fourth-order valence-corrected chi connectivity index (χ4v) is 3.06. The van der Waals surface area contributed by atoms with Crippen LogP contribution in [0.2, 0.25) is 0 Å². The lowest BCUT2D eigenvalue weighted by molar-refractivity contribution is 0.601. The molecule has 2 rings (SSSR count). The lowest BCUT2D eigenvalue weighted by atomic mass is 10.1. The third kappa shape index (κ3) is 2.68. The van der Waals surface area contributed by atoms with Crippen LogP contribution in [-0.4, -0.2) is 13.4 Å². The normalized spacial score (nSPS) is 11.3. The van der Waals surface area contributed by atoms with Gasteiger partial charge < -0.3 is 5.73 Å². The average molecular weight is 277 g/mol. The van der Waals surface area contributed by atoms with Crippen molar-refractivity contribution >= 4 is 21.4 Å². The second-order valence-corrected chi connectivity index (χ2v) is 5.94. The number of pyridine rings is 1. The smallest absolute Gasteiger partial charge is 0.265 e. The van der Waals surface area contributed by atoms with Gasteiger partial charge in [-0.15, -0.1) is 0 Å². The highest BCUT2D eigenvalue weighted by Crippen LogP contribution is 2.25. The molecule has 0 bridgehead atoms. The van der Waals surface area contributed by atoms with Gasteiger partial charge in [0.25, 0.3) is 10.0 Å². The fraction of sp³-hybridized carbons (Fsp3) is 0.154. The van der Waals surface area contributed by atoms with E-state index in [1.165, 1.54) is 18.5 Å². The van der Waals surface area contributed by atoms with Crippen molar-refractivity contribution < 1.29 is 8.42 Å². The molecule has 100 valence electrons. The standard InChI is InChI=1S/C13H15N3O2S/c1-9-4-3-5-10(2)13(9)16-19(17,18)12-8-15-7-6-11(12)14/h3-8,16H,1-2H3,(H2,14,15). The van der Waals surface area contributed by atoms with Gasteiger partial charge in [-0.1, -0.05) is 18.2 Å². The van der Waals surface area contributed by atoms with Gasteiger partial charge in [0.2, 0.25) is 0 Å². The van der Waals surface area contributed by atoms with Crippen LogP contribution in [-0.2, 0) is 10.0 Å². The number of rotatable bonds is 3. The van der Waals surface area contributed by atoms with Crippen LogP contribution in [0.5, 0.6) is 0 Å². The van der Waals surface area contributed by atoms with Gasteiger partial charge in [0.15, 0.2) is 0 Å². The van der Waals surface area contributed by atoms with Crippen LogP contribution >= 0.6 is 0 Å². The molecule has 1 heterocycles. The number of benzene rings is 1. The molecule has 3 N–H and O–H groups in total. The largest absolute Gasteiger partial charge is 0.398 e. The molecule has 0 fully saturated rings. The summed E-state index contributed by atoms with van der Waals surface area (Å²) < 4.78 is 27.2. The molecule has 0 atom stereocenters. The zero-order chi connectivity index (χ0) is 14.0. The monoisotopic (exact) mass is 277 g/mol. The minimum Gasteiger partial charge on any atom is -0.398 e. The van der Waals surface area contributed by atoms with E-state index in [9.17, 15) is 8.42 Å². The van der Waals surface area contributed by atoms with E-state index in [0.717, 1.165) is 11.1 Å². The van der Waals surface area contributed by atoms with Gasteiger partial charge in [0, 0.05) is 12.4 Å². The molecule has 6 heteroatoms. The Morgan fingerprint density at radius 2 is 1.79 bits per heavy atom. The predicted octanol–water partition coefficient (Wildman–Crippen LogP) is 2.08. The second-order valence-electron chi connectivity index (χ2n) is 4.29. The first-order valence-corrected chi connectivity index (χ1v) is 7.18. The summed E-state index contributed by atoms with van der Waals surface area (Å²) in [7, 11) is -3.73. The highest BCUT2D eigenvalue weighted by molar-refractivity contribution is 7.92. The minimum atomic E-state index is -3.73. The van der Waals surface area contributed by atoms with Crippen molar-refractivity contribution in [1.82, 2.24) is 4.98 Å². The number of anilines is 2. The molecule has 5 nitrogen and oxygen atoms in total. The Hall–Kier alpha value is -2.08. The highest BCUT2D eigenvalue weighted by atomic mass is 32.2. The Kier molecular flexibility index (Phi) is 3.44. The number of para-hydroxylation sites is 1. The van der Waals surface area contributed by atoms with Crippen LogP contribution in [0.3, 0.4) is 0 Å². The lowest BCUT2D eigenvalue weighted by Crippen LogP contribution is -2.16. The van der Waals surface area contributed by atoms with Crippen LogP contribution in [0.4, 0.5) is 11.4 Å². The Morgan fingerprint density at radius 1 is 1.16 bits per heavy atom. The zero-order valence-corrected chi connectivity index (χ0v) is 11.5. The molecule has 0 spiro atoms. The molecule has 1 aromatic carbocycles. The summed E-state index contributed by atoms with van der Waals surface area (Å²) in [6, 6.07) is 7.02. The van der Waals surface area contributed by atoms with Crippen molar-refractivity contribution in [1.29, 1.82) is 0 Å². The van der Waals surface area contributed by atoms with Crippen LogP contribution in [0, 0.1) is 13.8 Å². The van der Waals surface area contributed by atoms with E-state index in [0.29, 0.717) is 5.69 Å². The lowest BCUT2D eigenvalue weighted by Gasteiger charge is -2.13. The number of aryl methyl sites for hydroxylation is 2.